The van der Waals surface area contributed by atoms with Crippen LogP contribution in [0.5, 0.6) is 0 Å². The second kappa shape index (κ2) is 4.08. The number of rotatable bonds is 1. The minimum Gasteiger partial charge on any atom is -0.376 e. The standard InChI is InChI=1S/C11H7F3N2O/c1-10(17,11(12,13)14)9-7(5-15)3-2-4-8(9)6-16/h2-4,17H,1H3. The molecule has 1 atom stereocenters. The molecule has 1 rings (SSSR count). The predicted octanol–water partition coefficient (Wildman–Crippen LogP) is 2.20. The Kier molecular flexibility index (Phi) is 3.12. The van der Waals surface area contributed by atoms with Crippen LogP contribution in [0.25, 0.3) is 0 Å². The molecule has 17 heavy (non-hydrogen) atoms. The zero-order valence-electron chi connectivity index (χ0n) is 8.71. The second-order valence-electron chi connectivity index (χ2n) is 3.52. The summed E-state index contributed by atoms with van der Waals surface area (Å²) in [6, 6.07) is 6.60. The largest absolute Gasteiger partial charge is 0.421 e. The van der Waals surface area contributed by atoms with E-state index in [0.717, 1.165) is 12.1 Å². The molecule has 1 aromatic carbocycles. The van der Waals surface area contributed by atoms with Crippen molar-refractivity contribution in [3.8, 4) is 12.1 Å². The first-order chi connectivity index (χ1) is 7.75. The number of aliphatic hydroxyl groups is 1. The molecule has 0 aliphatic carbocycles. The van der Waals surface area contributed by atoms with E-state index in [4.69, 9.17) is 10.5 Å². The second-order valence-corrected chi connectivity index (χ2v) is 3.52. The highest BCUT2D eigenvalue weighted by molar-refractivity contribution is 5.51. The smallest absolute Gasteiger partial charge is 0.376 e. The van der Waals surface area contributed by atoms with E-state index in [2.05, 4.69) is 0 Å². The minimum atomic E-state index is -4.97. The lowest BCUT2D eigenvalue weighted by molar-refractivity contribution is -0.259. The maximum atomic E-state index is 12.7. The fourth-order valence-electron chi connectivity index (χ4n) is 1.40. The first-order valence-electron chi connectivity index (χ1n) is 4.48. The Balaban J connectivity index is 3.62. The zero-order chi connectivity index (χ0) is 13.3. The Morgan fingerprint density at radius 1 is 1.12 bits per heavy atom. The van der Waals surface area contributed by atoms with Crippen molar-refractivity contribution in [2.45, 2.75) is 18.7 Å². The molecule has 0 saturated heterocycles. The highest BCUT2D eigenvalue weighted by atomic mass is 19.4. The van der Waals surface area contributed by atoms with Crippen molar-refractivity contribution >= 4 is 0 Å². The lowest BCUT2D eigenvalue weighted by Gasteiger charge is -2.28. The Hall–Kier alpha value is -2.05. The van der Waals surface area contributed by atoms with E-state index >= 15 is 0 Å². The van der Waals surface area contributed by atoms with Crippen molar-refractivity contribution in [1.29, 1.82) is 10.5 Å². The molecular formula is C11H7F3N2O. The van der Waals surface area contributed by atoms with Gasteiger partial charge >= 0.3 is 6.18 Å². The summed E-state index contributed by atoms with van der Waals surface area (Å²) in [5.41, 5.74) is -4.68. The maximum Gasteiger partial charge on any atom is 0.421 e. The Morgan fingerprint density at radius 3 is 1.82 bits per heavy atom. The summed E-state index contributed by atoms with van der Waals surface area (Å²) in [6.45, 7) is 0.518. The summed E-state index contributed by atoms with van der Waals surface area (Å²) in [5.74, 6) is 0. The lowest BCUT2D eigenvalue weighted by atomic mass is 9.87. The van der Waals surface area contributed by atoms with Gasteiger partial charge in [0.05, 0.1) is 23.3 Å². The van der Waals surface area contributed by atoms with Crippen LogP contribution in [0.1, 0.15) is 23.6 Å². The number of hydrogen-bond acceptors (Lipinski definition) is 3. The molecule has 0 amide bonds. The number of alkyl halides is 3. The maximum absolute atomic E-state index is 12.7. The number of nitrogens with zero attached hydrogens (tertiary/aromatic N) is 2. The molecule has 0 spiro atoms. The predicted molar refractivity (Wildman–Crippen MR) is 51.5 cm³/mol. The molecule has 0 saturated carbocycles. The Labute approximate surface area is 95.3 Å². The number of hydrogen-bond donors (Lipinski definition) is 1. The van der Waals surface area contributed by atoms with Crippen LogP contribution in [-0.4, -0.2) is 11.3 Å². The van der Waals surface area contributed by atoms with Gasteiger partial charge in [0.2, 0.25) is 0 Å². The molecule has 0 aliphatic heterocycles. The van der Waals surface area contributed by atoms with Crippen molar-refractivity contribution in [3.05, 3.63) is 34.9 Å². The number of benzene rings is 1. The molecule has 0 aromatic heterocycles. The third-order valence-corrected chi connectivity index (χ3v) is 2.34. The fourth-order valence-corrected chi connectivity index (χ4v) is 1.40. The van der Waals surface area contributed by atoms with E-state index in [1.807, 2.05) is 0 Å². The topological polar surface area (TPSA) is 67.8 Å². The van der Waals surface area contributed by atoms with Crippen molar-refractivity contribution in [2.24, 2.45) is 0 Å². The van der Waals surface area contributed by atoms with Gasteiger partial charge in [0.25, 0.3) is 0 Å². The molecule has 0 aliphatic rings. The molecule has 1 unspecified atom stereocenters. The van der Waals surface area contributed by atoms with Crippen molar-refractivity contribution in [1.82, 2.24) is 0 Å². The van der Waals surface area contributed by atoms with Crippen LogP contribution >= 0.6 is 0 Å². The number of halogens is 3. The monoisotopic (exact) mass is 240 g/mol. The van der Waals surface area contributed by atoms with E-state index < -0.39 is 17.3 Å². The summed E-state index contributed by atoms with van der Waals surface area (Å²) in [7, 11) is 0. The summed E-state index contributed by atoms with van der Waals surface area (Å²) in [4.78, 5) is 0. The first-order valence-corrected chi connectivity index (χ1v) is 4.48. The summed E-state index contributed by atoms with van der Waals surface area (Å²) < 4.78 is 38.0. The average molecular weight is 240 g/mol. The molecule has 3 nitrogen and oxygen atoms in total. The van der Waals surface area contributed by atoms with Gasteiger partial charge in [0, 0.05) is 5.56 Å². The van der Waals surface area contributed by atoms with E-state index in [1.54, 1.807) is 0 Å². The van der Waals surface area contributed by atoms with Crippen LogP contribution in [0.15, 0.2) is 18.2 Å². The van der Waals surface area contributed by atoms with Gasteiger partial charge in [-0.2, -0.15) is 23.7 Å². The van der Waals surface area contributed by atoms with Crippen molar-refractivity contribution < 1.29 is 18.3 Å². The Morgan fingerprint density at radius 2 is 1.53 bits per heavy atom. The zero-order valence-corrected chi connectivity index (χ0v) is 8.71. The number of nitriles is 2. The summed E-state index contributed by atoms with van der Waals surface area (Å²) in [5, 5.41) is 27.0. The van der Waals surface area contributed by atoms with Gasteiger partial charge in [-0.1, -0.05) is 6.07 Å². The molecule has 0 heterocycles. The van der Waals surface area contributed by atoms with Crippen LogP contribution in [0.2, 0.25) is 0 Å². The van der Waals surface area contributed by atoms with E-state index in [1.165, 1.54) is 18.2 Å². The van der Waals surface area contributed by atoms with Gasteiger partial charge < -0.3 is 5.11 Å². The van der Waals surface area contributed by atoms with Crippen LogP contribution in [0, 0.1) is 22.7 Å². The normalized spacial score (nSPS) is 14.5. The highest BCUT2D eigenvalue weighted by Gasteiger charge is 2.53. The first kappa shape index (κ1) is 13.0. The lowest BCUT2D eigenvalue weighted by Crippen LogP contribution is -2.40. The molecular weight excluding hydrogens is 233 g/mol. The van der Waals surface area contributed by atoms with Gasteiger partial charge in [0.1, 0.15) is 0 Å². The third kappa shape index (κ3) is 2.08. The molecule has 6 heteroatoms. The van der Waals surface area contributed by atoms with Gasteiger partial charge in [-0.25, -0.2) is 0 Å². The fraction of sp³-hybridized carbons (Fsp3) is 0.273. The molecule has 88 valence electrons. The van der Waals surface area contributed by atoms with Gasteiger partial charge in [-0.15, -0.1) is 0 Å². The van der Waals surface area contributed by atoms with Gasteiger partial charge in [-0.05, 0) is 19.1 Å². The highest BCUT2D eigenvalue weighted by Crippen LogP contribution is 2.41. The SMILES string of the molecule is CC(O)(c1c(C#N)cccc1C#N)C(F)(F)F. The molecule has 0 radical (unpaired) electrons. The van der Waals surface area contributed by atoms with E-state index in [9.17, 15) is 18.3 Å². The quantitative estimate of drug-likeness (QED) is 0.818. The van der Waals surface area contributed by atoms with E-state index in [0.29, 0.717) is 6.92 Å². The van der Waals surface area contributed by atoms with Crippen LogP contribution < -0.4 is 0 Å². The minimum absolute atomic E-state index is 0.369. The summed E-state index contributed by atoms with van der Waals surface area (Å²) >= 11 is 0. The molecule has 0 bridgehead atoms. The van der Waals surface area contributed by atoms with Crippen molar-refractivity contribution in [3.63, 3.8) is 0 Å². The molecule has 0 fully saturated rings. The van der Waals surface area contributed by atoms with Gasteiger partial charge in [-0.3, -0.25) is 0 Å². The van der Waals surface area contributed by atoms with Crippen LogP contribution in [0.3, 0.4) is 0 Å². The van der Waals surface area contributed by atoms with Gasteiger partial charge in [0.15, 0.2) is 5.60 Å². The molecule has 1 N–H and O–H groups in total. The van der Waals surface area contributed by atoms with Crippen LogP contribution in [-0.2, 0) is 5.60 Å². The summed E-state index contributed by atoms with van der Waals surface area (Å²) in [6.07, 6.45) is -4.97. The average Bonchev–Trinajstić information content (AvgIpc) is 2.26. The third-order valence-electron chi connectivity index (χ3n) is 2.34. The van der Waals surface area contributed by atoms with Crippen molar-refractivity contribution in [2.75, 3.05) is 0 Å². The Bertz CT molecular complexity index is 489. The molecule has 1 aromatic rings. The van der Waals surface area contributed by atoms with E-state index in [-0.39, 0.29) is 11.1 Å². The van der Waals surface area contributed by atoms with Crippen LogP contribution in [0.4, 0.5) is 13.2 Å².